The Labute approximate surface area is 130 Å². The number of ether oxygens (including phenoxy) is 1. The van der Waals surface area contributed by atoms with Gasteiger partial charge >= 0.3 is 5.69 Å². The number of hydrogen-bond acceptors (Lipinski definition) is 5. The van der Waals surface area contributed by atoms with Crippen molar-refractivity contribution in [3.8, 4) is 5.75 Å². The molecule has 0 aliphatic carbocycles. The second kappa shape index (κ2) is 6.73. The van der Waals surface area contributed by atoms with Gasteiger partial charge in [-0.15, -0.1) is 0 Å². The van der Waals surface area contributed by atoms with E-state index in [0.717, 1.165) is 11.3 Å². The highest BCUT2D eigenvalue weighted by Crippen LogP contribution is 2.28. The molecule has 0 atom stereocenters. The third-order valence-corrected chi connectivity index (χ3v) is 3.37. The molecule has 0 saturated heterocycles. The predicted molar refractivity (Wildman–Crippen MR) is 81.2 cm³/mol. The Kier molecular flexibility index (Phi) is 4.98. The van der Waals surface area contributed by atoms with E-state index in [9.17, 15) is 10.1 Å². The van der Waals surface area contributed by atoms with Crippen LogP contribution in [0.3, 0.4) is 0 Å². The molecule has 0 amide bonds. The molecule has 0 bridgehead atoms. The normalized spacial score (nSPS) is 10.9. The number of rotatable bonds is 6. The Morgan fingerprint density at radius 1 is 1.33 bits per heavy atom. The number of benzene rings is 1. The summed E-state index contributed by atoms with van der Waals surface area (Å²) < 4.78 is 11.1. The van der Waals surface area contributed by atoms with Crippen molar-refractivity contribution in [3.63, 3.8) is 0 Å². The Hall–Kier alpha value is -1.86. The zero-order valence-corrected chi connectivity index (χ0v) is 13.3. The molecule has 0 saturated carbocycles. The third-order valence-electron chi connectivity index (χ3n) is 2.95. The van der Waals surface area contributed by atoms with Crippen molar-refractivity contribution < 1.29 is 14.1 Å². The van der Waals surface area contributed by atoms with E-state index in [1.807, 2.05) is 30.1 Å². The van der Waals surface area contributed by atoms with Gasteiger partial charge in [0.05, 0.1) is 18.6 Å². The first-order chi connectivity index (χ1) is 9.99. The lowest BCUT2D eigenvalue weighted by molar-refractivity contribution is -0.385. The summed E-state index contributed by atoms with van der Waals surface area (Å²) in [5.41, 5.74) is 0.819. The summed E-state index contributed by atoms with van der Waals surface area (Å²) in [6.45, 7) is 1.19. The summed E-state index contributed by atoms with van der Waals surface area (Å²) in [7, 11) is 3.34. The van der Waals surface area contributed by atoms with Gasteiger partial charge in [-0.2, -0.15) is 0 Å². The van der Waals surface area contributed by atoms with Gasteiger partial charge in [0.25, 0.3) is 0 Å². The van der Waals surface area contributed by atoms with Gasteiger partial charge in [-0.25, -0.2) is 0 Å². The van der Waals surface area contributed by atoms with Gasteiger partial charge in [0.2, 0.25) is 0 Å². The number of hydrogen-bond donors (Lipinski definition) is 0. The molecular weight excluding hydrogens is 340 g/mol. The molecule has 0 aliphatic rings. The number of nitrogens with zero attached hydrogens (tertiary/aromatic N) is 2. The van der Waals surface area contributed by atoms with Crippen molar-refractivity contribution in [3.05, 3.63) is 56.4 Å². The Morgan fingerprint density at radius 2 is 2.10 bits per heavy atom. The predicted octanol–water partition coefficient (Wildman–Crippen LogP) is 3.59. The Bertz CT molecular complexity index is 642. The van der Waals surface area contributed by atoms with Gasteiger partial charge in [-0.3, -0.25) is 15.0 Å². The van der Waals surface area contributed by atoms with E-state index in [0.29, 0.717) is 17.8 Å². The van der Waals surface area contributed by atoms with Crippen molar-refractivity contribution in [2.45, 2.75) is 13.1 Å². The zero-order chi connectivity index (χ0) is 15.4. The van der Waals surface area contributed by atoms with Crippen LogP contribution in [0.15, 0.2) is 39.4 Å². The second-order valence-electron chi connectivity index (χ2n) is 4.64. The van der Waals surface area contributed by atoms with Crippen LogP contribution in [-0.2, 0) is 13.1 Å². The van der Waals surface area contributed by atoms with Gasteiger partial charge in [0.1, 0.15) is 5.76 Å². The van der Waals surface area contributed by atoms with Crippen LogP contribution in [0.1, 0.15) is 11.3 Å². The number of methoxy groups -OCH3 is 1. The highest BCUT2D eigenvalue weighted by atomic mass is 79.9. The first kappa shape index (κ1) is 15.5. The van der Waals surface area contributed by atoms with E-state index in [-0.39, 0.29) is 11.4 Å². The first-order valence-corrected chi connectivity index (χ1v) is 7.03. The molecule has 0 radical (unpaired) electrons. The summed E-state index contributed by atoms with van der Waals surface area (Å²) >= 11 is 3.26. The van der Waals surface area contributed by atoms with Crippen LogP contribution in [0.2, 0.25) is 0 Å². The smallest absolute Gasteiger partial charge is 0.311 e. The summed E-state index contributed by atoms with van der Waals surface area (Å²) in [5, 5.41) is 11.0. The highest BCUT2D eigenvalue weighted by molar-refractivity contribution is 9.10. The summed E-state index contributed by atoms with van der Waals surface area (Å²) in [6.07, 6.45) is 0. The quantitative estimate of drug-likeness (QED) is 0.585. The third kappa shape index (κ3) is 4.05. The molecule has 0 N–H and O–H groups in total. The maximum absolute atomic E-state index is 11.0. The van der Waals surface area contributed by atoms with Crippen molar-refractivity contribution in [2.24, 2.45) is 0 Å². The van der Waals surface area contributed by atoms with Gasteiger partial charge < -0.3 is 9.15 Å². The lowest BCUT2D eigenvalue weighted by atomic mass is 10.1. The van der Waals surface area contributed by atoms with Gasteiger partial charge in [-0.1, -0.05) is 6.07 Å². The standard InChI is InChI=1S/C14H15BrN2O4/c1-16(9-11-4-6-14(15)21-11)8-10-3-5-13(20-2)12(7-10)17(18)19/h3-7H,8-9H2,1-2H3. The molecule has 0 aliphatic heterocycles. The van der Waals surface area contributed by atoms with Crippen LogP contribution in [0.4, 0.5) is 5.69 Å². The van der Waals surface area contributed by atoms with Crippen molar-refractivity contribution in [2.75, 3.05) is 14.2 Å². The molecule has 0 spiro atoms. The fraction of sp³-hybridized carbons (Fsp3) is 0.286. The van der Waals surface area contributed by atoms with E-state index < -0.39 is 4.92 Å². The molecule has 1 aromatic carbocycles. The molecule has 7 heteroatoms. The first-order valence-electron chi connectivity index (χ1n) is 6.23. The van der Waals surface area contributed by atoms with Crippen LogP contribution in [-0.4, -0.2) is 24.0 Å². The van der Waals surface area contributed by atoms with E-state index in [2.05, 4.69) is 15.9 Å². The van der Waals surface area contributed by atoms with Crippen LogP contribution in [0.25, 0.3) is 0 Å². The van der Waals surface area contributed by atoms with Crippen LogP contribution >= 0.6 is 15.9 Å². The van der Waals surface area contributed by atoms with Crippen LogP contribution in [0, 0.1) is 10.1 Å². The Morgan fingerprint density at radius 3 is 2.67 bits per heavy atom. The summed E-state index contributed by atoms with van der Waals surface area (Å²) in [4.78, 5) is 12.6. The minimum Gasteiger partial charge on any atom is -0.490 e. The van der Waals surface area contributed by atoms with E-state index in [4.69, 9.17) is 9.15 Å². The summed E-state index contributed by atoms with van der Waals surface area (Å²) in [6, 6.07) is 8.69. The lowest BCUT2D eigenvalue weighted by Crippen LogP contribution is -2.16. The fourth-order valence-electron chi connectivity index (χ4n) is 2.05. The lowest BCUT2D eigenvalue weighted by Gasteiger charge is -2.15. The average Bonchev–Trinajstić information content (AvgIpc) is 2.83. The number of nitro benzene ring substituents is 1. The molecule has 1 heterocycles. The number of nitro groups is 1. The SMILES string of the molecule is COc1ccc(CN(C)Cc2ccc(Br)o2)cc1[N+](=O)[O-]. The minimum atomic E-state index is -0.439. The van der Waals surface area contributed by atoms with Crippen molar-refractivity contribution in [1.82, 2.24) is 4.90 Å². The summed E-state index contributed by atoms with van der Waals surface area (Å²) in [5.74, 6) is 1.09. The maximum Gasteiger partial charge on any atom is 0.311 e. The van der Waals surface area contributed by atoms with Crippen molar-refractivity contribution in [1.29, 1.82) is 0 Å². The molecule has 6 nitrogen and oxygen atoms in total. The highest BCUT2D eigenvalue weighted by Gasteiger charge is 2.16. The van der Waals surface area contributed by atoms with Crippen LogP contribution < -0.4 is 4.74 Å². The largest absolute Gasteiger partial charge is 0.490 e. The molecule has 2 aromatic rings. The molecule has 0 fully saturated rings. The van der Waals surface area contributed by atoms with Gasteiger partial charge in [0.15, 0.2) is 10.4 Å². The zero-order valence-electron chi connectivity index (χ0n) is 11.7. The van der Waals surface area contributed by atoms with E-state index >= 15 is 0 Å². The molecule has 0 unspecified atom stereocenters. The van der Waals surface area contributed by atoms with E-state index in [1.165, 1.54) is 13.2 Å². The molecular formula is C14H15BrN2O4. The van der Waals surface area contributed by atoms with Gasteiger partial charge in [0, 0.05) is 12.6 Å². The fourth-order valence-corrected chi connectivity index (χ4v) is 2.39. The molecule has 1 aromatic heterocycles. The topological polar surface area (TPSA) is 68.8 Å². The van der Waals surface area contributed by atoms with Crippen LogP contribution in [0.5, 0.6) is 5.75 Å². The monoisotopic (exact) mass is 354 g/mol. The second-order valence-corrected chi connectivity index (χ2v) is 5.42. The molecule has 21 heavy (non-hydrogen) atoms. The molecule has 112 valence electrons. The minimum absolute atomic E-state index is 0.0239. The van der Waals surface area contributed by atoms with Crippen molar-refractivity contribution >= 4 is 21.6 Å². The molecule has 2 rings (SSSR count). The van der Waals surface area contributed by atoms with E-state index in [1.54, 1.807) is 6.07 Å². The average molecular weight is 355 g/mol. The number of furan rings is 1. The van der Waals surface area contributed by atoms with Gasteiger partial charge in [-0.05, 0) is 46.7 Å². The Balaban J connectivity index is 2.08. The maximum atomic E-state index is 11.0. The number of halogens is 1.